The van der Waals surface area contributed by atoms with Gasteiger partial charge in [0.15, 0.2) is 0 Å². The topological polar surface area (TPSA) is 62.6 Å². The van der Waals surface area contributed by atoms with E-state index < -0.39 is 0 Å². The van der Waals surface area contributed by atoms with Gasteiger partial charge in [0.1, 0.15) is 6.07 Å². The Morgan fingerprint density at radius 2 is 1.39 bits per heavy atom. The van der Waals surface area contributed by atoms with Gasteiger partial charge in [0.2, 0.25) is 0 Å². The molecule has 0 spiro atoms. The fourth-order valence-corrected chi connectivity index (χ4v) is 3.90. The number of nitriles is 1. The number of hydrogen-bond acceptors (Lipinski definition) is 4. The van der Waals surface area contributed by atoms with Crippen molar-refractivity contribution in [3.8, 4) is 6.07 Å². The summed E-state index contributed by atoms with van der Waals surface area (Å²) in [5.41, 5.74) is 3.55. The molecule has 2 aliphatic rings. The number of amides is 2. The van der Waals surface area contributed by atoms with Crippen LogP contribution in [0.15, 0.2) is 48.5 Å². The molecule has 2 fully saturated rings. The molecule has 0 saturated carbocycles. The van der Waals surface area contributed by atoms with E-state index in [-0.39, 0.29) is 6.03 Å². The van der Waals surface area contributed by atoms with Crippen LogP contribution in [0.3, 0.4) is 0 Å². The van der Waals surface area contributed by atoms with Crippen molar-refractivity contribution in [2.75, 3.05) is 54.4 Å². The Balaban J connectivity index is 1.33. The van der Waals surface area contributed by atoms with Crippen LogP contribution >= 0.6 is 0 Å². The van der Waals surface area contributed by atoms with E-state index in [0.29, 0.717) is 24.3 Å². The number of benzene rings is 2. The highest BCUT2D eigenvalue weighted by atomic mass is 16.2. The molecule has 6 heteroatoms. The van der Waals surface area contributed by atoms with Crippen LogP contribution in [0, 0.1) is 11.3 Å². The average Bonchev–Trinajstić information content (AvgIpc) is 3.29. The lowest BCUT2D eigenvalue weighted by atomic mass is 10.2. The lowest BCUT2D eigenvalue weighted by Crippen LogP contribution is -2.50. The number of piperazine rings is 1. The second-order valence-electron chi connectivity index (χ2n) is 7.27. The van der Waals surface area contributed by atoms with Crippen LogP contribution < -0.4 is 15.1 Å². The number of carbonyl (C=O) groups is 1. The number of hydrogen-bond donors (Lipinski definition) is 1. The number of carbonyl (C=O) groups excluding carboxylic acids is 1. The number of anilines is 3. The summed E-state index contributed by atoms with van der Waals surface area (Å²) in [7, 11) is 0. The molecular formula is C22H25N5O. The maximum Gasteiger partial charge on any atom is 0.322 e. The third kappa shape index (κ3) is 3.89. The molecular weight excluding hydrogens is 350 g/mol. The molecule has 2 amide bonds. The smallest absolute Gasteiger partial charge is 0.322 e. The summed E-state index contributed by atoms with van der Waals surface area (Å²) in [6, 6.07) is 17.8. The van der Waals surface area contributed by atoms with E-state index in [1.54, 1.807) is 18.2 Å². The van der Waals surface area contributed by atoms with Gasteiger partial charge >= 0.3 is 6.03 Å². The molecule has 2 aromatic carbocycles. The number of rotatable bonds is 3. The maximum atomic E-state index is 12.6. The molecule has 0 aliphatic carbocycles. The van der Waals surface area contributed by atoms with Crippen molar-refractivity contribution >= 4 is 23.1 Å². The van der Waals surface area contributed by atoms with Crippen LogP contribution in [0.2, 0.25) is 0 Å². The standard InChI is InChI=1S/C22H25N5O/c23-17-18-5-1-2-6-21(18)24-22(28)27-15-13-26(14-16-27)20-9-7-19(8-10-20)25-11-3-4-12-25/h1-2,5-10H,3-4,11-16H2,(H,24,28). The number of urea groups is 1. The Hall–Kier alpha value is -3.20. The number of nitrogens with zero attached hydrogens (tertiary/aromatic N) is 4. The Bertz CT molecular complexity index is 859. The fraction of sp³-hybridized carbons (Fsp3) is 0.364. The molecule has 0 bridgehead atoms. The highest BCUT2D eigenvalue weighted by Gasteiger charge is 2.22. The molecule has 2 heterocycles. The lowest BCUT2D eigenvalue weighted by molar-refractivity contribution is 0.208. The van der Waals surface area contributed by atoms with Crippen molar-refractivity contribution in [2.24, 2.45) is 0 Å². The van der Waals surface area contributed by atoms with E-state index in [0.717, 1.165) is 26.2 Å². The maximum absolute atomic E-state index is 12.6. The monoisotopic (exact) mass is 375 g/mol. The van der Waals surface area contributed by atoms with Gasteiger partial charge in [0.25, 0.3) is 0 Å². The zero-order chi connectivity index (χ0) is 19.3. The van der Waals surface area contributed by atoms with Crippen LogP contribution in [0.5, 0.6) is 0 Å². The van der Waals surface area contributed by atoms with Gasteiger partial charge in [0, 0.05) is 50.6 Å². The third-order valence-electron chi connectivity index (χ3n) is 5.54. The van der Waals surface area contributed by atoms with Crippen LogP contribution in [-0.4, -0.2) is 50.2 Å². The number of nitrogens with one attached hydrogen (secondary N) is 1. The SMILES string of the molecule is N#Cc1ccccc1NC(=O)N1CCN(c2ccc(N3CCCC3)cc2)CC1. The second-order valence-corrected chi connectivity index (χ2v) is 7.27. The van der Waals surface area contributed by atoms with E-state index in [2.05, 4.69) is 45.5 Å². The zero-order valence-corrected chi connectivity index (χ0v) is 16.0. The van der Waals surface area contributed by atoms with Crippen molar-refractivity contribution in [3.63, 3.8) is 0 Å². The van der Waals surface area contributed by atoms with E-state index in [4.69, 9.17) is 5.26 Å². The molecule has 2 aliphatic heterocycles. The molecule has 0 unspecified atom stereocenters. The van der Waals surface area contributed by atoms with Crippen LogP contribution in [0.25, 0.3) is 0 Å². The molecule has 2 saturated heterocycles. The molecule has 4 rings (SSSR count). The minimum atomic E-state index is -0.147. The minimum Gasteiger partial charge on any atom is -0.372 e. The van der Waals surface area contributed by atoms with Gasteiger partial charge in [0.05, 0.1) is 11.3 Å². The first-order valence-corrected chi connectivity index (χ1v) is 9.89. The van der Waals surface area contributed by atoms with E-state index in [9.17, 15) is 4.79 Å². The average molecular weight is 375 g/mol. The van der Waals surface area contributed by atoms with Gasteiger partial charge < -0.3 is 20.0 Å². The van der Waals surface area contributed by atoms with Crippen molar-refractivity contribution in [1.82, 2.24) is 4.90 Å². The van der Waals surface area contributed by atoms with Crippen LogP contribution in [0.4, 0.5) is 21.9 Å². The lowest BCUT2D eigenvalue weighted by Gasteiger charge is -2.36. The molecule has 0 aromatic heterocycles. The number of para-hydroxylation sites is 1. The van der Waals surface area contributed by atoms with E-state index >= 15 is 0 Å². The fourth-order valence-electron chi connectivity index (χ4n) is 3.90. The molecule has 144 valence electrons. The molecule has 28 heavy (non-hydrogen) atoms. The normalized spacial score (nSPS) is 16.8. The zero-order valence-electron chi connectivity index (χ0n) is 16.0. The van der Waals surface area contributed by atoms with Gasteiger partial charge in [-0.05, 0) is 49.2 Å². The van der Waals surface area contributed by atoms with Gasteiger partial charge in [-0.1, -0.05) is 12.1 Å². The molecule has 0 atom stereocenters. The van der Waals surface area contributed by atoms with Gasteiger partial charge in [-0.2, -0.15) is 5.26 Å². The van der Waals surface area contributed by atoms with Gasteiger partial charge in [-0.3, -0.25) is 0 Å². The Kier molecular flexibility index (Phi) is 5.34. The summed E-state index contributed by atoms with van der Waals surface area (Å²) in [6.07, 6.45) is 2.56. The largest absolute Gasteiger partial charge is 0.372 e. The van der Waals surface area contributed by atoms with E-state index in [1.807, 2.05) is 11.0 Å². The third-order valence-corrected chi connectivity index (χ3v) is 5.54. The molecule has 2 aromatic rings. The summed E-state index contributed by atoms with van der Waals surface area (Å²) in [6.45, 7) is 5.24. The Morgan fingerprint density at radius 1 is 0.821 bits per heavy atom. The van der Waals surface area contributed by atoms with Crippen molar-refractivity contribution in [2.45, 2.75) is 12.8 Å². The van der Waals surface area contributed by atoms with Gasteiger partial charge in [-0.25, -0.2) is 4.79 Å². The molecule has 6 nitrogen and oxygen atoms in total. The summed E-state index contributed by atoms with van der Waals surface area (Å²) in [5, 5.41) is 12.0. The first-order chi connectivity index (χ1) is 13.7. The minimum absolute atomic E-state index is 0.147. The van der Waals surface area contributed by atoms with Crippen LogP contribution in [-0.2, 0) is 0 Å². The molecule has 1 N–H and O–H groups in total. The predicted molar refractivity (Wildman–Crippen MR) is 112 cm³/mol. The molecule has 0 radical (unpaired) electrons. The first kappa shape index (κ1) is 18.2. The van der Waals surface area contributed by atoms with Crippen molar-refractivity contribution in [3.05, 3.63) is 54.1 Å². The summed E-state index contributed by atoms with van der Waals surface area (Å²) in [5.74, 6) is 0. The van der Waals surface area contributed by atoms with Crippen LogP contribution in [0.1, 0.15) is 18.4 Å². The second kappa shape index (κ2) is 8.22. The summed E-state index contributed by atoms with van der Waals surface area (Å²) in [4.78, 5) is 19.1. The first-order valence-electron chi connectivity index (χ1n) is 9.89. The van der Waals surface area contributed by atoms with Crippen molar-refractivity contribution in [1.29, 1.82) is 5.26 Å². The van der Waals surface area contributed by atoms with Gasteiger partial charge in [-0.15, -0.1) is 0 Å². The Morgan fingerprint density at radius 3 is 2.00 bits per heavy atom. The highest BCUT2D eigenvalue weighted by Crippen LogP contribution is 2.24. The predicted octanol–water partition coefficient (Wildman–Crippen LogP) is 3.51. The quantitative estimate of drug-likeness (QED) is 0.892. The summed E-state index contributed by atoms with van der Waals surface area (Å²) < 4.78 is 0. The van der Waals surface area contributed by atoms with E-state index in [1.165, 1.54) is 24.2 Å². The van der Waals surface area contributed by atoms with Crippen molar-refractivity contribution < 1.29 is 4.79 Å². The summed E-state index contributed by atoms with van der Waals surface area (Å²) >= 11 is 0. The Labute approximate surface area is 166 Å². The highest BCUT2D eigenvalue weighted by molar-refractivity contribution is 5.91.